The zero-order chi connectivity index (χ0) is 8.53. The van der Waals surface area contributed by atoms with Gasteiger partial charge in [-0.1, -0.05) is 0 Å². The van der Waals surface area contributed by atoms with E-state index in [2.05, 4.69) is 4.98 Å². The third-order valence-electron chi connectivity index (χ3n) is 0.870. The van der Waals surface area contributed by atoms with E-state index >= 15 is 0 Å². The molecule has 0 aliphatic carbocycles. The lowest BCUT2D eigenvalue weighted by atomic mass is 10.5. The highest BCUT2D eigenvalue weighted by Gasteiger charge is 1.81. The Balaban J connectivity index is 0.000000292. The van der Waals surface area contributed by atoms with E-state index < -0.39 is 0 Å². The van der Waals surface area contributed by atoms with Gasteiger partial charge < -0.3 is 9.84 Å². The van der Waals surface area contributed by atoms with E-state index in [1.165, 1.54) is 0 Å². The van der Waals surface area contributed by atoms with Crippen molar-refractivity contribution in [3.05, 3.63) is 24.5 Å². The van der Waals surface area contributed by atoms with Gasteiger partial charge in [-0.2, -0.15) is 0 Å². The number of methoxy groups -OCH3 is 1. The molecule has 0 aromatic carbocycles. The highest BCUT2D eigenvalue weighted by molar-refractivity contribution is 5.32. The highest BCUT2D eigenvalue weighted by atomic mass is 16.5. The first-order chi connectivity index (χ1) is 5.35. The van der Waals surface area contributed by atoms with Crippen LogP contribution in [0.3, 0.4) is 0 Å². The van der Waals surface area contributed by atoms with Gasteiger partial charge >= 0.3 is 0 Å². The average Bonchev–Trinajstić information content (AvgIpc) is 2.08. The second kappa shape index (κ2) is 6.54. The molecule has 0 fully saturated rings. The fourth-order valence-electron chi connectivity index (χ4n) is 0.468. The van der Waals surface area contributed by atoms with Gasteiger partial charge in [0.05, 0.1) is 13.3 Å². The van der Waals surface area contributed by atoms with Gasteiger partial charge in [-0.25, -0.2) is 0 Å². The number of nitrogens with zero attached hydrogens (tertiary/aromatic N) is 1. The molecule has 0 aliphatic heterocycles. The second-order valence-corrected chi connectivity index (χ2v) is 1.50. The van der Waals surface area contributed by atoms with Crippen molar-refractivity contribution in [1.82, 2.24) is 4.98 Å². The first kappa shape index (κ1) is 9.42. The van der Waals surface area contributed by atoms with E-state index in [-0.39, 0.29) is 6.47 Å². The van der Waals surface area contributed by atoms with Gasteiger partial charge in [-0.05, 0) is 12.1 Å². The summed E-state index contributed by atoms with van der Waals surface area (Å²) in [5.41, 5.74) is 0. The molecular formula is C7H9NO3. The summed E-state index contributed by atoms with van der Waals surface area (Å²) in [7, 11) is 1.62. The van der Waals surface area contributed by atoms with Gasteiger partial charge in [0.15, 0.2) is 0 Å². The summed E-state index contributed by atoms with van der Waals surface area (Å²) in [5.74, 6) is 0.799. The predicted molar refractivity (Wildman–Crippen MR) is 39.5 cm³/mol. The van der Waals surface area contributed by atoms with E-state index in [1.807, 2.05) is 12.1 Å². The number of hydrogen-bond acceptors (Lipinski definition) is 3. The molecule has 11 heavy (non-hydrogen) atoms. The Hall–Kier alpha value is -1.58. The molecule has 0 amide bonds. The van der Waals surface area contributed by atoms with Crippen molar-refractivity contribution in [3.8, 4) is 5.75 Å². The van der Waals surface area contributed by atoms with Crippen LogP contribution in [0.15, 0.2) is 24.5 Å². The Labute approximate surface area is 64.5 Å². The molecule has 1 N–H and O–H groups in total. The Morgan fingerprint density at radius 3 is 2.64 bits per heavy atom. The van der Waals surface area contributed by atoms with Crippen molar-refractivity contribution < 1.29 is 14.6 Å². The average molecular weight is 155 g/mol. The molecule has 1 heterocycles. The third kappa shape index (κ3) is 4.90. The summed E-state index contributed by atoms with van der Waals surface area (Å²) in [6, 6.07) is 3.69. The van der Waals surface area contributed by atoms with Crippen molar-refractivity contribution in [3.63, 3.8) is 0 Å². The SMILES string of the molecule is COc1cccnc1.O=CO. The summed E-state index contributed by atoms with van der Waals surface area (Å²) in [4.78, 5) is 12.2. The van der Waals surface area contributed by atoms with E-state index in [4.69, 9.17) is 14.6 Å². The fourth-order valence-corrected chi connectivity index (χ4v) is 0.468. The van der Waals surface area contributed by atoms with Crippen molar-refractivity contribution >= 4 is 6.47 Å². The topological polar surface area (TPSA) is 59.4 Å². The molecular weight excluding hydrogens is 146 g/mol. The van der Waals surface area contributed by atoms with Crippen LogP contribution in [-0.2, 0) is 4.79 Å². The van der Waals surface area contributed by atoms with Crippen molar-refractivity contribution in [1.29, 1.82) is 0 Å². The van der Waals surface area contributed by atoms with Gasteiger partial charge in [-0.15, -0.1) is 0 Å². The maximum atomic E-state index is 8.36. The first-order valence-corrected chi connectivity index (χ1v) is 2.87. The number of pyridine rings is 1. The number of hydrogen-bond donors (Lipinski definition) is 1. The van der Waals surface area contributed by atoms with Crippen LogP contribution in [0.5, 0.6) is 5.75 Å². The summed E-state index contributed by atoms with van der Waals surface area (Å²) in [6.07, 6.45) is 3.38. The molecule has 0 saturated heterocycles. The third-order valence-corrected chi connectivity index (χ3v) is 0.870. The second-order valence-electron chi connectivity index (χ2n) is 1.50. The van der Waals surface area contributed by atoms with E-state index in [0.29, 0.717) is 0 Å². The Bertz CT molecular complexity index is 188. The Morgan fingerprint density at radius 2 is 2.36 bits per heavy atom. The smallest absolute Gasteiger partial charge is 0.290 e. The van der Waals surface area contributed by atoms with Crippen LogP contribution in [0.1, 0.15) is 0 Å². The maximum absolute atomic E-state index is 8.36. The summed E-state index contributed by atoms with van der Waals surface area (Å²) >= 11 is 0. The Kier molecular flexibility index (Phi) is 5.60. The molecule has 4 nitrogen and oxygen atoms in total. The quantitative estimate of drug-likeness (QED) is 0.609. The molecule has 0 bridgehead atoms. The lowest BCUT2D eigenvalue weighted by Crippen LogP contribution is -1.80. The molecule has 0 atom stereocenters. The zero-order valence-electron chi connectivity index (χ0n) is 6.10. The molecule has 0 radical (unpaired) electrons. The molecule has 4 heteroatoms. The maximum Gasteiger partial charge on any atom is 0.290 e. The lowest BCUT2D eigenvalue weighted by molar-refractivity contribution is -0.122. The summed E-state index contributed by atoms with van der Waals surface area (Å²) in [5, 5.41) is 6.89. The van der Waals surface area contributed by atoms with Gasteiger partial charge in [0, 0.05) is 6.20 Å². The molecule has 1 aromatic rings. The van der Waals surface area contributed by atoms with Crippen molar-refractivity contribution in [2.45, 2.75) is 0 Å². The number of ether oxygens (including phenoxy) is 1. The zero-order valence-corrected chi connectivity index (χ0v) is 6.10. The monoisotopic (exact) mass is 155 g/mol. The van der Waals surface area contributed by atoms with Crippen LogP contribution in [0.2, 0.25) is 0 Å². The predicted octanol–water partition coefficient (Wildman–Crippen LogP) is 0.791. The van der Waals surface area contributed by atoms with E-state index in [1.54, 1.807) is 19.5 Å². The fraction of sp³-hybridized carbons (Fsp3) is 0.143. The summed E-state index contributed by atoms with van der Waals surface area (Å²) in [6.45, 7) is -0.250. The van der Waals surface area contributed by atoms with Crippen LogP contribution >= 0.6 is 0 Å². The molecule has 0 saturated carbocycles. The number of aromatic nitrogens is 1. The normalized spacial score (nSPS) is 7.36. The van der Waals surface area contributed by atoms with Crippen LogP contribution in [0.25, 0.3) is 0 Å². The minimum Gasteiger partial charge on any atom is -0.495 e. The van der Waals surface area contributed by atoms with Crippen LogP contribution in [0.4, 0.5) is 0 Å². The molecule has 1 aromatic heterocycles. The lowest BCUT2D eigenvalue weighted by Gasteiger charge is -1.93. The molecule has 1 rings (SSSR count). The number of carboxylic acid groups (broad SMARTS) is 1. The number of carbonyl (C=O) groups is 1. The van der Waals surface area contributed by atoms with E-state index in [9.17, 15) is 0 Å². The standard InChI is InChI=1S/C6H7NO.CH2O2/c1-8-6-3-2-4-7-5-6;2-1-3/h2-5H,1H3;1H,(H,2,3). The molecule has 60 valence electrons. The van der Waals surface area contributed by atoms with Gasteiger partial charge in [0.1, 0.15) is 5.75 Å². The van der Waals surface area contributed by atoms with Gasteiger partial charge in [0.2, 0.25) is 0 Å². The van der Waals surface area contributed by atoms with Crippen LogP contribution in [0, 0.1) is 0 Å². The van der Waals surface area contributed by atoms with Gasteiger partial charge in [0.25, 0.3) is 6.47 Å². The van der Waals surface area contributed by atoms with Gasteiger partial charge in [-0.3, -0.25) is 9.78 Å². The largest absolute Gasteiger partial charge is 0.495 e. The number of rotatable bonds is 1. The first-order valence-electron chi connectivity index (χ1n) is 2.87. The Morgan fingerprint density at radius 1 is 1.73 bits per heavy atom. The van der Waals surface area contributed by atoms with Crippen LogP contribution < -0.4 is 4.74 Å². The highest BCUT2D eigenvalue weighted by Crippen LogP contribution is 2.02. The molecule has 0 aliphatic rings. The molecule has 0 spiro atoms. The minimum atomic E-state index is -0.250. The molecule has 0 unspecified atom stereocenters. The summed E-state index contributed by atoms with van der Waals surface area (Å²) < 4.78 is 4.85. The van der Waals surface area contributed by atoms with Crippen molar-refractivity contribution in [2.24, 2.45) is 0 Å². The minimum absolute atomic E-state index is 0.250. The van der Waals surface area contributed by atoms with Crippen LogP contribution in [-0.4, -0.2) is 23.7 Å². The van der Waals surface area contributed by atoms with E-state index in [0.717, 1.165) is 5.75 Å². The van der Waals surface area contributed by atoms with Crippen molar-refractivity contribution in [2.75, 3.05) is 7.11 Å².